The van der Waals surface area contributed by atoms with E-state index >= 15 is 0 Å². The maximum absolute atomic E-state index is 13.9. The quantitative estimate of drug-likeness (QED) is 0.437. The van der Waals surface area contributed by atoms with Gasteiger partial charge in [-0.1, -0.05) is 6.92 Å². The van der Waals surface area contributed by atoms with Crippen LogP contribution in [0.5, 0.6) is 0 Å². The van der Waals surface area contributed by atoms with Crippen LogP contribution in [0.3, 0.4) is 0 Å². The number of nitrogens with one attached hydrogen (secondary N) is 1. The molecular formula is C26H25F4N3O. The van der Waals surface area contributed by atoms with Gasteiger partial charge in [0.15, 0.2) is 0 Å². The Kier molecular flexibility index (Phi) is 5.78. The SMILES string of the molecule is CC(C(=O)Nc1ccc(C(F)(F)F)nc1)[C@H]1C[C@H]2C[C@@H](c3ccnc4ccc(F)cc34)C[C@H]2C1. The molecular weight excluding hydrogens is 446 g/mol. The molecule has 34 heavy (non-hydrogen) atoms. The first-order valence-corrected chi connectivity index (χ1v) is 11.6. The summed E-state index contributed by atoms with van der Waals surface area (Å²) < 4.78 is 51.9. The van der Waals surface area contributed by atoms with Crippen LogP contribution in [-0.4, -0.2) is 15.9 Å². The van der Waals surface area contributed by atoms with E-state index in [1.807, 2.05) is 13.0 Å². The van der Waals surface area contributed by atoms with E-state index in [9.17, 15) is 22.4 Å². The molecule has 0 saturated heterocycles. The Morgan fingerprint density at radius 3 is 2.41 bits per heavy atom. The van der Waals surface area contributed by atoms with E-state index in [1.54, 1.807) is 18.3 Å². The minimum atomic E-state index is -4.51. The number of aromatic nitrogens is 2. The number of rotatable bonds is 4. The molecule has 4 nitrogen and oxygen atoms in total. The van der Waals surface area contributed by atoms with E-state index in [2.05, 4.69) is 15.3 Å². The first kappa shape index (κ1) is 22.7. The zero-order valence-corrected chi connectivity index (χ0v) is 18.6. The predicted molar refractivity (Wildman–Crippen MR) is 120 cm³/mol. The van der Waals surface area contributed by atoms with Crippen LogP contribution in [0.4, 0.5) is 23.2 Å². The molecule has 5 rings (SSSR count). The van der Waals surface area contributed by atoms with E-state index in [0.717, 1.165) is 54.4 Å². The van der Waals surface area contributed by atoms with Gasteiger partial charge in [0.2, 0.25) is 5.91 Å². The normalized spacial score (nSPS) is 25.3. The van der Waals surface area contributed by atoms with Crippen LogP contribution in [0.1, 0.15) is 49.8 Å². The van der Waals surface area contributed by atoms with Gasteiger partial charge in [-0.05, 0) is 91.3 Å². The summed E-state index contributed by atoms with van der Waals surface area (Å²) in [5.41, 5.74) is 1.23. The highest BCUT2D eigenvalue weighted by Gasteiger charge is 2.44. The van der Waals surface area contributed by atoms with Crippen molar-refractivity contribution in [3.05, 3.63) is 65.9 Å². The van der Waals surface area contributed by atoms with Crippen molar-refractivity contribution in [1.29, 1.82) is 0 Å². The zero-order valence-electron chi connectivity index (χ0n) is 18.6. The van der Waals surface area contributed by atoms with Crippen LogP contribution >= 0.6 is 0 Å². The van der Waals surface area contributed by atoms with E-state index in [-0.39, 0.29) is 29.2 Å². The first-order chi connectivity index (χ1) is 16.2. The van der Waals surface area contributed by atoms with Crippen molar-refractivity contribution in [2.75, 3.05) is 5.32 Å². The van der Waals surface area contributed by atoms with Gasteiger partial charge >= 0.3 is 6.18 Å². The molecule has 1 aromatic carbocycles. The third kappa shape index (κ3) is 4.38. The van der Waals surface area contributed by atoms with Crippen molar-refractivity contribution in [1.82, 2.24) is 9.97 Å². The first-order valence-electron chi connectivity index (χ1n) is 11.6. The number of nitrogens with zero attached hydrogens (tertiary/aromatic N) is 2. The number of hydrogen-bond acceptors (Lipinski definition) is 3. The smallest absolute Gasteiger partial charge is 0.324 e. The minimum absolute atomic E-state index is 0.196. The molecule has 3 aromatic rings. The molecule has 0 aliphatic heterocycles. The Labute approximate surface area is 194 Å². The minimum Gasteiger partial charge on any atom is -0.324 e. The van der Waals surface area contributed by atoms with Crippen LogP contribution in [0.15, 0.2) is 48.8 Å². The van der Waals surface area contributed by atoms with Crippen molar-refractivity contribution in [3.63, 3.8) is 0 Å². The summed E-state index contributed by atoms with van der Waals surface area (Å²) in [7, 11) is 0. The van der Waals surface area contributed by atoms with E-state index in [4.69, 9.17) is 0 Å². The lowest BCUT2D eigenvalue weighted by Gasteiger charge is -2.21. The van der Waals surface area contributed by atoms with E-state index in [0.29, 0.717) is 17.8 Å². The fourth-order valence-electron chi connectivity index (χ4n) is 5.93. The predicted octanol–water partition coefficient (Wildman–Crippen LogP) is 6.58. The fraction of sp³-hybridized carbons (Fsp3) is 0.423. The Morgan fingerprint density at radius 1 is 1.03 bits per heavy atom. The van der Waals surface area contributed by atoms with E-state index < -0.39 is 11.9 Å². The summed E-state index contributed by atoms with van der Waals surface area (Å²) in [6.45, 7) is 1.88. The van der Waals surface area contributed by atoms with Gasteiger partial charge in [0, 0.05) is 17.5 Å². The second-order valence-corrected chi connectivity index (χ2v) is 9.69. The standard InChI is InChI=1S/C26H25F4N3O/c1-14(25(34)33-20-3-5-24(32-13-20)26(28,29)30)15-8-16-10-18(11-17(16)9-15)21-6-7-31-23-4-2-19(27)12-22(21)23/h2-7,12-18H,8-11H2,1H3,(H,33,34)/t14?,15-,16-,17+,18+. The monoisotopic (exact) mass is 471 g/mol. The largest absolute Gasteiger partial charge is 0.433 e. The molecule has 2 heterocycles. The molecule has 2 saturated carbocycles. The van der Waals surface area contributed by atoms with Gasteiger partial charge in [0.1, 0.15) is 11.5 Å². The van der Waals surface area contributed by atoms with Gasteiger partial charge in [0.25, 0.3) is 0 Å². The maximum atomic E-state index is 13.9. The number of benzene rings is 1. The van der Waals surface area contributed by atoms with Crippen molar-refractivity contribution in [3.8, 4) is 0 Å². The summed E-state index contributed by atoms with van der Waals surface area (Å²) in [6.07, 6.45) is 2.23. The van der Waals surface area contributed by atoms with Gasteiger partial charge in [-0.15, -0.1) is 0 Å². The molecule has 1 N–H and O–H groups in total. The molecule has 0 bridgehead atoms. The zero-order chi connectivity index (χ0) is 24.0. The van der Waals surface area contributed by atoms with Crippen molar-refractivity contribution in [2.24, 2.45) is 23.7 Å². The molecule has 2 aliphatic carbocycles. The van der Waals surface area contributed by atoms with Crippen molar-refractivity contribution >= 4 is 22.5 Å². The number of halogens is 4. The fourth-order valence-corrected chi connectivity index (χ4v) is 5.93. The summed E-state index contributed by atoms with van der Waals surface area (Å²) in [6, 6.07) is 8.81. The molecule has 2 aromatic heterocycles. The molecule has 178 valence electrons. The van der Waals surface area contributed by atoms with Crippen molar-refractivity contribution in [2.45, 2.75) is 44.7 Å². The number of carbonyl (C=O) groups is 1. The highest BCUT2D eigenvalue weighted by atomic mass is 19.4. The Balaban J connectivity index is 1.21. The molecule has 2 fully saturated rings. The Hall–Kier alpha value is -3.03. The topological polar surface area (TPSA) is 54.9 Å². The lowest BCUT2D eigenvalue weighted by atomic mass is 9.86. The number of hydrogen-bond donors (Lipinski definition) is 1. The highest BCUT2D eigenvalue weighted by Crippen LogP contribution is 2.54. The van der Waals surface area contributed by atoms with Gasteiger partial charge in [-0.25, -0.2) is 9.37 Å². The number of anilines is 1. The molecule has 2 aliphatic rings. The lowest BCUT2D eigenvalue weighted by molar-refractivity contribution is -0.141. The van der Waals surface area contributed by atoms with Crippen LogP contribution in [0.25, 0.3) is 10.9 Å². The van der Waals surface area contributed by atoms with Gasteiger partial charge < -0.3 is 5.32 Å². The summed E-state index contributed by atoms with van der Waals surface area (Å²) in [5.74, 6) is 0.893. The molecule has 0 spiro atoms. The molecule has 0 radical (unpaired) electrons. The van der Waals surface area contributed by atoms with Crippen molar-refractivity contribution < 1.29 is 22.4 Å². The third-order valence-electron chi connectivity index (χ3n) is 7.67. The molecule has 1 amide bonds. The summed E-state index contributed by atoms with van der Waals surface area (Å²) in [5, 5.41) is 3.59. The highest BCUT2D eigenvalue weighted by molar-refractivity contribution is 5.92. The average Bonchev–Trinajstić information content (AvgIpc) is 3.37. The van der Waals surface area contributed by atoms with Crippen LogP contribution in [-0.2, 0) is 11.0 Å². The maximum Gasteiger partial charge on any atom is 0.433 e. The lowest BCUT2D eigenvalue weighted by Crippen LogP contribution is -2.26. The average molecular weight is 471 g/mol. The number of carbonyl (C=O) groups excluding carboxylic acids is 1. The van der Waals surface area contributed by atoms with Crippen LogP contribution < -0.4 is 5.32 Å². The second kappa shape index (κ2) is 8.64. The number of alkyl halides is 3. The van der Waals surface area contributed by atoms with Gasteiger partial charge in [-0.2, -0.15) is 13.2 Å². The summed E-state index contributed by atoms with van der Waals surface area (Å²) >= 11 is 0. The number of fused-ring (bicyclic) bond motifs is 2. The van der Waals surface area contributed by atoms with Crippen LogP contribution in [0, 0.1) is 29.5 Å². The third-order valence-corrected chi connectivity index (χ3v) is 7.67. The Morgan fingerprint density at radius 2 is 1.76 bits per heavy atom. The number of pyridine rings is 2. The van der Waals surface area contributed by atoms with Gasteiger partial charge in [0.05, 0.1) is 17.4 Å². The number of amides is 1. The van der Waals surface area contributed by atoms with E-state index in [1.165, 1.54) is 12.1 Å². The Bertz CT molecular complexity index is 1200. The molecule has 8 heteroatoms. The second-order valence-electron chi connectivity index (χ2n) is 9.69. The van der Waals surface area contributed by atoms with Crippen LogP contribution in [0.2, 0.25) is 0 Å². The summed E-state index contributed by atoms with van der Waals surface area (Å²) in [4.78, 5) is 20.5. The molecule has 1 unspecified atom stereocenters. The van der Waals surface area contributed by atoms with Gasteiger partial charge in [-0.3, -0.25) is 9.78 Å². The molecule has 5 atom stereocenters.